The van der Waals surface area contributed by atoms with E-state index >= 15 is 0 Å². The predicted octanol–water partition coefficient (Wildman–Crippen LogP) is 3.16. The van der Waals surface area contributed by atoms with E-state index in [1.807, 2.05) is 0 Å². The van der Waals surface area contributed by atoms with Crippen molar-refractivity contribution in [3.8, 4) is 0 Å². The van der Waals surface area contributed by atoms with Gasteiger partial charge >= 0.3 is 0 Å². The molecule has 0 fully saturated rings. The zero-order valence-electron chi connectivity index (χ0n) is 6.77. The average Bonchev–Trinajstić information content (AvgIpc) is 2.41. The van der Waals surface area contributed by atoms with Gasteiger partial charge in [0.15, 0.2) is 0 Å². The Kier molecular flexibility index (Phi) is 2.27. The summed E-state index contributed by atoms with van der Waals surface area (Å²) in [4.78, 5) is 2.31. The fourth-order valence-electron chi connectivity index (χ4n) is 1.57. The van der Waals surface area contributed by atoms with Gasteiger partial charge in [0, 0.05) is 22.0 Å². The number of halogens is 2. The van der Waals surface area contributed by atoms with Crippen LogP contribution in [0.2, 0.25) is 0 Å². The maximum atomic E-state index is 3.56. The highest BCUT2D eigenvalue weighted by Gasteiger charge is 2.19. The Morgan fingerprint density at radius 1 is 1.08 bits per heavy atom. The van der Waals surface area contributed by atoms with E-state index in [1.54, 1.807) is 0 Å². The van der Waals surface area contributed by atoms with Crippen molar-refractivity contribution < 1.29 is 0 Å². The highest BCUT2D eigenvalue weighted by molar-refractivity contribution is 9.11. The molecule has 0 saturated carbocycles. The number of hydrogen-bond acceptors (Lipinski definition) is 1. The van der Waals surface area contributed by atoms with Gasteiger partial charge in [0.25, 0.3) is 0 Å². The van der Waals surface area contributed by atoms with Gasteiger partial charge in [-0.2, -0.15) is 0 Å². The fraction of sp³-hybridized carbons (Fsp3) is 0.333. The summed E-state index contributed by atoms with van der Waals surface area (Å²) >= 11 is 7.12. The van der Waals surface area contributed by atoms with Crippen LogP contribution in [-0.2, 0) is 13.1 Å². The van der Waals surface area contributed by atoms with Crippen molar-refractivity contribution in [2.75, 3.05) is 7.05 Å². The molecule has 0 amide bonds. The minimum absolute atomic E-state index is 1.05. The van der Waals surface area contributed by atoms with E-state index in [1.165, 1.54) is 20.1 Å². The van der Waals surface area contributed by atoms with Crippen LogP contribution >= 0.6 is 31.9 Å². The van der Waals surface area contributed by atoms with E-state index in [9.17, 15) is 0 Å². The summed E-state index contributed by atoms with van der Waals surface area (Å²) in [5.74, 6) is 0. The minimum atomic E-state index is 1.05. The lowest BCUT2D eigenvalue weighted by Crippen LogP contribution is -2.07. The van der Waals surface area contributed by atoms with Crippen molar-refractivity contribution in [3.05, 3.63) is 32.2 Å². The number of nitrogens with zero attached hydrogens (tertiary/aromatic N) is 1. The average molecular weight is 291 g/mol. The molecule has 1 aliphatic heterocycles. The third kappa shape index (κ3) is 1.34. The lowest BCUT2D eigenvalue weighted by atomic mass is 10.1. The zero-order valence-corrected chi connectivity index (χ0v) is 9.94. The Labute approximate surface area is 89.0 Å². The largest absolute Gasteiger partial charge is 0.298 e. The first-order valence-electron chi connectivity index (χ1n) is 3.83. The maximum Gasteiger partial charge on any atom is 0.0249 e. The molecule has 1 aliphatic rings. The van der Waals surface area contributed by atoms with E-state index in [0.29, 0.717) is 0 Å². The molecule has 2 rings (SSSR count). The van der Waals surface area contributed by atoms with Gasteiger partial charge in [-0.05, 0) is 30.3 Å². The van der Waals surface area contributed by atoms with Crippen molar-refractivity contribution in [3.63, 3.8) is 0 Å². The molecule has 0 aliphatic carbocycles. The summed E-state index contributed by atoms with van der Waals surface area (Å²) in [7, 11) is 2.14. The van der Waals surface area contributed by atoms with Gasteiger partial charge in [-0.25, -0.2) is 0 Å². The smallest absolute Gasteiger partial charge is 0.0249 e. The molecule has 0 aromatic heterocycles. The number of rotatable bonds is 0. The van der Waals surface area contributed by atoms with E-state index in [-0.39, 0.29) is 0 Å². The van der Waals surface area contributed by atoms with Gasteiger partial charge in [-0.15, -0.1) is 0 Å². The topological polar surface area (TPSA) is 3.24 Å². The first kappa shape index (κ1) is 8.73. The van der Waals surface area contributed by atoms with Gasteiger partial charge in [0.2, 0.25) is 0 Å². The molecule has 0 saturated heterocycles. The maximum absolute atomic E-state index is 3.56. The van der Waals surface area contributed by atoms with Crippen LogP contribution < -0.4 is 0 Å². The Bertz CT molecular complexity index is 292. The van der Waals surface area contributed by atoms with E-state index < -0.39 is 0 Å². The van der Waals surface area contributed by atoms with Crippen LogP contribution in [-0.4, -0.2) is 11.9 Å². The van der Waals surface area contributed by atoms with Crippen molar-refractivity contribution in [1.29, 1.82) is 0 Å². The van der Waals surface area contributed by atoms with Gasteiger partial charge in [0.05, 0.1) is 0 Å². The van der Waals surface area contributed by atoms with Crippen LogP contribution in [0.4, 0.5) is 0 Å². The summed E-state index contributed by atoms with van der Waals surface area (Å²) in [5, 5.41) is 0. The molecule has 0 radical (unpaired) electrons. The summed E-state index contributed by atoms with van der Waals surface area (Å²) in [6.45, 7) is 2.10. The monoisotopic (exact) mass is 289 g/mol. The lowest BCUT2D eigenvalue weighted by Gasteiger charge is -2.03. The first-order chi connectivity index (χ1) is 5.68. The summed E-state index contributed by atoms with van der Waals surface area (Å²) in [6.07, 6.45) is 0. The zero-order chi connectivity index (χ0) is 8.72. The summed E-state index contributed by atoms with van der Waals surface area (Å²) in [5.41, 5.74) is 2.85. The summed E-state index contributed by atoms with van der Waals surface area (Å²) in [6, 6.07) is 4.20. The standard InChI is InChI=1S/C9H9Br2N/c1-12-4-6-7(5-12)9(11)3-2-8(6)10/h2-3H,4-5H2,1H3. The van der Waals surface area contributed by atoms with Gasteiger partial charge in [-0.1, -0.05) is 31.9 Å². The van der Waals surface area contributed by atoms with Gasteiger partial charge in [0.1, 0.15) is 0 Å². The predicted molar refractivity (Wildman–Crippen MR) is 57.0 cm³/mol. The molecule has 12 heavy (non-hydrogen) atoms. The highest BCUT2D eigenvalue weighted by Crippen LogP contribution is 2.33. The normalized spacial score (nSPS) is 16.6. The Balaban J connectivity index is 2.56. The highest BCUT2D eigenvalue weighted by atomic mass is 79.9. The fourth-order valence-corrected chi connectivity index (χ4v) is 2.57. The third-order valence-corrected chi connectivity index (χ3v) is 3.66. The molecule has 1 heterocycles. The van der Waals surface area contributed by atoms with Crippen molar-refractivity contribution in [2.45, 2.75) is 13.1 Å². The van der Waals surface area contributed by atoms with E-state index in [4.69, 9.17) is 0 Å². The molecule has 64 valence electrons. The molecule has 1 nitrogen and oxygen atoms in total. The van der Waals surface area contributed by atoms with Crippen molar-refractivity contribution >= 4 is 31.9 Å². The molecular formula is C9H9Br2N. The van der Waals surface area contributed by atoms with Gasteiger partial charge in [-0.3, -0.25) is 4.90 Å². The molecule has 0 spiro atoms. The van der Waals surface area contributed by atoms with Crippen LogP contribution in [0.3, 0.4) is 0 Å². The second kappa shape index (κ2) is 3.13. The molecule has 1 aromatic rings. The molecule has 0 bridgehead atoms. The van der Waals surface area contributed by atoms with Crippen molar-refractivity contribution in [1.82, 2.24) is 4.90 Å². The molecule has 1 aromatic carbocycles. The van der Waals surface area contributed by atoms with E-state index in [2.05, 4.69) is 55.9 Å². The van der Waals surface area contributed by atoms with Crippen molar-refractivity contribution in [2.24, 2.45) is 0 Å². The lowest BCUT2D eigenvalue weighted by molar-refractivity contribution is 0.352. The summed E-state index contributed by atoms with van der Waals surface area (Å²) < 4.78 is 2.45. The molecule has 0 atom stereocenters. The Morgan fingerprint density at radius 2 is 1.50 bits per heavy atom. The van der Waals surface area contributed by atoms with Crippen LogP contribution in [0.1, 0.15) is 11.1 Å². The first-order valence-corrected chi connectivity index (χ1v) is 5.41. The van der Waals surface area contributed by atoms with Crippen LogP contribution in [0.15, 0.2) is 21.1 Å². The van der Waals surface area contributed by atoms with Crippen LogP contribution in [0, 0.1) is 0 Å². The third-order valence-electron chi connectivity index (χ3n) is 2.17. The Hall–Kier alpha value is 0.140. The molecular weight excluding hydrogens is 282 g/mol. The minimum Gasteiger partial charge on any atom is -0.298 e. The SMILES string of the molecule is CN1Cc2c(Br)ccc(Br)c2C1. The number of hydrogen-bond donors (Lipinski definition) is 0. The van der Waals surface area contributed by atoms with Crippen LogP contribution in [0.25, 0.3) is 0 Å². The molecule has 0 unspecified atom stereocenters. The Morgan fingerprint density at radius 3 is 1.92 bits per heavy atom. The second-order valence-electron chi connectivity index (χ2n) is 3.16. The van der Waals surface area contributed by atoms with Gasteiger partial charge < -0.3 is 0 Å². The quantitative estimate of drug-likeness (QED) is 0.709. The number of benzene rings is 1. The molecule has 0 N–H and O–H groups in total. The van der Waals surface area contributed by atoms with Crippen LogP contribution in [0.5, 0.6) is 0 Å². The van der Waals surface area contributed by atoms with E-state index in [0.717, 1.165) is 13.1 Å². The number of fused-ring (bicyclic) bond motifs is 1. The second-order valence-corrected chi connectivity index (χ2v) is 4.87. The molecule has 3 heteroatoms.